The molecule has 1 aromatic heterocycles. The van der Waals surface area contributed by atoms with Gasteiger partial charge in [0.2, 0.25) is 5.91 Å². The van der Waals surface area contributed by atoms with Gasteiger partial charge in [0.25, 0.3) is 5.91 Å². The van der Waals surface area contributed by atoms with Gasteiger partial charge in [-0.2, -0.15) is 0 Å². The van der Waals surface area contributed by atoms with Crippen molar-refractivity contribution < 1.29 is 32.3 Å². The first-order chi connectivity index (χ1) is 18.1. The minimum absolute atomic E-state index is 0.224. The van der Waals surface area contributed by atoms with E-state index in [1.807, 2.05) is 0 Å². The molecular weight excluding hydrogens is 523 g/mol. The maximum Gasteiger partial charge on any atom is 0.573 e. The van der Waals surface area contributed by atoms with Crippen LogP contribution in [0, 0.1) is 6.92 Å². The lowest BCUT2D eigenvalue weighted by molar-refractivity contribution is -0.274. The fourth-order valence-corrected chi connectivity index (χ4v) is 7.52. The zero-order valence-electron chi connectivity index (χ0n) is 20.2. The number of urea groups is 1. The molecule has 13 heteroatoms. The lowest BCUT2D eigenvalue weighted by Gasteiger charge is -2.33. The number of ether oxygens (including phenoxy) is 1. The molecule has 5 rings (SSSR count). The summed E-state index contributed by atoms with van der Waals surface area (Å²) in [7, 11) is -1.65. The molecule has 3 aliphatic rings. The van der Waals surface area contributed by atoms with E-state index in [9.17, 15) is 27.6 Å². The molecule has 0 saturated carbocycles. The van der Waals surface area contributed by atoms with Crippen molar-refractivity contribution in [2.24, 2.45) is 0 Å². The number of pyridine rings is 1. The highest BCUT2D eigenvalue weighted by Gasteiger charge is 2.41. The first-order valence-electron chi connectivity index (χ1n) is 11.8. The van der Waals surface area contributed by atoms with Crippen LogP contribution in [-0.2, 0) is 9.59 Å². The second-order valence-corrected chi connectivity index (χ2v) is 11.0. The van der Waals surface area contributed by atoms with Crippen LogP contribution in [0.4, 0.5) is 23.7 Å². The number of carbonyl (C=O) groups excluding carboxylic acids is 3. The maximum atomic E-state index is 13.8. The minimum atomic E-state index is -4.84. The molecule has 2 atom stereocenters. The van der Waals surface area contributed by atoms with E-state index < -0.39 is 29.2 Å². The largest absolute Gasteiger partial charge is 0.573 e. The normalized spacial score (nSPS) is 21.3. The molecule has 1 saturated heterocycles. The van der Waals surface area contributed by atoms with Crippen molar-refractivity contribution >= 4 is 40.1 Å². The van der Waals surface area contributed by atoms with Gasteiger partial charge in [-0.25, -0.2) is 4.79 Å². The number of hydrogen-bond acceptors (Lipinski definition) is 5. The summed E-state index contributed by atoms with van der Waals surface area (Å²) in [6.07, 6.45) is -0.751. The van der Waals surface area contributed by atoms with Gasteiger partial charge in [0.05, 0.1) is 26.9 Å². The summed E-state index contributed by atoms with van der Waals surface area (Å²) >= 11 is 0. The number of benzene rings is 1. The van der Waals surface area contributed by atoms with Crippen molar-refractivity contribution in [2.45, 2.75) is 42.1 Å². The van der Waals surface area contributed by atoms with Crippen LogP contribution in [0.3, 0.4) is 0 Å². The average molecular weight is 548 g/mol. The van der Waals surface area contributed by atoms with Crippen LogP contribution in [0.2, 0.25) is 0 Å². The molecule has 9 nitrogen and oxygen atoms in total. The highest BCUT2D eigenvalue weighted by Crippen LogP contribution is 2.61. The topological polar surface area (TPSA) is 113 Å². The SMILES string of the molecule is C=CC(=O)N1CCCC(NC(=O)C2=C3NC(=O)Nc4ccnc(c43)[SH]2c2ccc(OC(F)(F)F)cc2C)C1. The van der Waals surface area contributed by atoms with Gasteiger partial charge in [0.15, 0.2) is 0 Å². The van der Waals surface area contributed by atoms with Crippen LogP contribution in [0.5, 0.6) is 5.75 Å². The first kappa shape index (κ1) is 25.6. The minimum Gasteiger partial charge on any atom is -0.406 e. The van der Waals surface area contributed by atoms with E-state index in [0.717, 1.165) is 0 Å². The molecule has 0 spiro atoms. The second-order valence-electron chi connectivity index (χ2n) is 8.99. The van der Waals surface area contributed by atoms with Crippen LogP contribution in [0.1, 0.15) is 24.0 Å². The van der Waals surface area contributed by atoms with Gasteiger partial charge in [0.1, 0.15) is 5.75 Å². The quantitative estimate of drug-likeness (QED) is 0.336. The summed E-state index contributed by atoms with van der Waals surface area (Å²) in [5.41, 5.74) is 1.85. The summed E-state index contributed by atoms with van der Waals surface area (Å²) in [5, 5.41) is 9.00. The number of amides is 4. The molecule has 38 heavy (non-hydrogen) atoms. The molecule has 3 N–H and O–H groups in total. The molecule has 3 aliphatic heterocycles. The number of alkyl halides is 3. The number of nitrogens with one attached hydrogen (secondary N) is 3. The molecule has 0 radical (unpaired) electrons. The number of aryl methyl sites for hydroxylation is 1. The van der Waals surface area contributed by atoms with Gasteiger partial charge in [-0.3, -0.25) is 14.6 Å². The van der Waals surface area contributed by atoms with E-state index >= 15 is 0 Å². The lowest BCUT2D eigenvalue weighted by Crippen LogP contribution is -2.49. The Morgan fingerprint density at radius 2 is 2.08 bits per heavy atom. The zero-order chi connectivity index (χ0) is 27.2. The Morgan fingerprint density at radius 3 is 2.79 bits per heavy atom. The second kappa shape index (κ2) is 9.71. The molecule has 0 aliphatic carbocycles. The van der Waals surface area contributed by atoms with E-state index in [1.165, 1.54) is 30.5 Å². The molecule has 0 bridgehead atoms. The van der Waals surface area contributed by atoms with E-state index in [4.69, 9.17) is 0 Å². The van der Waals surface area contributed by atoms with Crippen LogP contribution in [0.15, 0.2) is 57.9 Å². The van der Waals surface area contributed by atoms with Crippen LogP contribution in [0.25, 0.3) is 5.70 Å². The Morgan fingerprint density at radius 1 is 1.29 bits per heavy atom. The molecule has 2 aromatic rings. The average Bonchev–Trinajstić information content (AvgIpc) is 3.18. The first-order valence-corrected chi connectivity index (χ1v) is 13.1. The van der Waals surface area contributed by atoms with Crippen LogP contribution >= 0.6 is 10.9 Å². The van der Waals surface area contributed by atoms with Gasteiger partial charge >= 0.3 is 12.4 Å². The standard InChI is InChI=1S/C25H24F3N5O4S/c1-3-18(34)33-10-4-5-14(12-33)30-22(35)21-20-19-16(31-24(36)32-20)8-9-29-23(19)38(21)17-7-6-15(11-13(17)2)37-25(26,27)28/h3,6-9,11,14,38H,1,4-5,10,12H2,2H3,(H,30,35)(H2,31,32,36). The predicted octanol–water partition coefficient (Wildman–Crippen LogP) is 3.82. The summed E-state index contributed by atoms with van der Waals surface area (Å²) in [6.45, 7) is 6.02. The molecule has 4 heterocycles. The van der Waals surface area contributed by atoms with Gasteiger partial charge in [0, 0.05) is 30.2 Å². The number of thiol groups is 1. The summed E-state index contributed by atoms with van der Waals surface area (Å²) in [6, 6.07) is 4.73. The van der Waals surface area contributed by atoms with E-state index in [0.29, 0.717) is 58.4 Å². The summed E-state index contributed by atoms with van der Waals surface area (Å²) < 4.78 is 42.4. The fraction of sp³-hybridized carbons (Fsp3) is 0.280. The summed E-state index contributed by atoms with van der Waals surface area (Å²) in [5.74, 6) is -1.04. The number of halogens is 3. The van der Waals surface area contributed by atoms with Crippen molar-refractivity contribution in [3.8, 4) is 5.75 Å². The van der Waals surface area contributed by atoms with Crippen LogP contribution < -0.4 is 20.7 Å². The molecule has 1 fully saturated rings. The fourth-order valence-electron chi connectivity index (χ4n) is 4.90. The Kier molecular flexibility index (Phi) is 6.55. The van der Waals surface area contributed by atoms with Gasteiger partial charge in [-0.15, -0.1) is 24.1 Å². The lowest BCUT2D eigenvalue weighted by atomic mass is 10.1. The Hall–Kier alpha value is -4.00. The Balaban J connectivity index is 1.54. The van der Waals surface area contributed by atoms with E-state index in [1.54, 1.807) is 17.9 Å². The zero-order valence-corrected chi connectivity index (χ0v) is 21.1. The highest BCUT2D eigenvalue weighted by atomic mass is 32.2. The summed E-state index contributed by atoms with van der Waals surface area (Å²) in [4.78, 5) is 45.4. The molecule has 4 amide bonds. The van der Waals surface area contributed by atoms with Crippen molar-refractivity contribution in [2.75, 3.05) is 18.4 Å². The smallest absolute Gasteiger partial charge is 0.406 e. The molecule has 200 valence electrons. The number of likely N-dealkylation sites (tertiary alicyclic amines) is 1. The van der Waals surface area contributed by atoms with E-state index in [2.05, 4.69) is 32.3 Å². The third-order valence-electron chi connectivity index (χ3n) is 6.44. The predicted molar refractivity (Wildman–Crippen MR) is 135 cm³/mol. The highest BCUT2D eigenvalue weighted by molar-refractivity contribution is 8.21. The van der Waals surface area contributed by atoms with Crippen molar-refractivity contribution in [3.63, 3.8) is 0 Å². The maximum absolute atomic E-state index is 13.8. The molecule has 1 aromatic carbocycles. The van der Waals surface area contributed by atoms with Gasteiger partial charge in [-0.1, -0.05) is 6.58 Å². The number of anilines is 1. The van der Waals surface area contributed by atoms with Crippen molar-refractivity contribution in [1.29, 1.82) is 0 Å². The van der Waals surface area contributed by atoms with Crippen molar-refractivity contribution in [1.82, 2.24) is 20.5 Å². The number of rotatable bonds is 5. The third-order valence-corrected chi connectivity index (χ3v) is 9.06. The number of nitrogens with zero attached hydrogens (tertiary/aromatic N) is 2. The third kappa shape index (κ3) is 4.80. The molecule has 2 unspecified atom stereocenters. The number of piperidine rings is 1. The molecular formula is C25H24F3N5O4S. The Bertz CT molecular complexity index is 1390. The monoisotopic (exact) mass is 547 g/mol. The number of carbonyl (C=O) groups is 3. The van der Waals surface area contributed by atoms with Crippen molar-refractivity contribution in [3.05, 3.63) is 59.1 Å². The van der Waals surface area contributed by atoms with Gasteiger partial charge in [-0.05, 0) is 55.7 Å². The number of aromatic nitrogens is 1. The van der Waals surface area contributed by atoms with E-state index in [-0.39, 0.29) is 22.6 Å². The number of hydrogen-bond donors (Lipinski definition) is 4. The Labute approximate surface area is 218 Å². The van der Waals surface area contributed by atoms with Crippen LogP contribution in [-0.4, -0.2) is 53.2 Å². The van der Waals surface area contributed by atoms with Gasteiger partial charge < -0.3 is 25.6 Å².